The topological polar surface area (TPSA) is 60.2 Å². The van der Waals surface area contributed by atoms with E-state index in [-0.39, 0.29) is 5.75 Å². The average molecular weight is 323 g/mol. The molecule has 0 aliphatic rings. The van der Waals surface area contributed by atoms with Gasteiger partial charge in [0.1, 0.15) is 5.82 Å². The highest BCUT2D eigenvalue weighted by molar-refractivity contribution is 7.99. The Morgan fingerprint density at radius 2 is 2.27 bits per heavy atom. The zero-order chi connectivity index (χ0) is 16.1. The van der Waals surface area contributed by atoms with Gasteiger partial charge in [-0.05, 0) is 24.6 Å². The van der Waals surface area contributed by atoms with Crippen LogP contribution in [0.25, 0.3) is 0 Å². The molecule has 2 aromatic rings. The van der Waals surface area contributed by atoms with E-state index in [9.17, 15) is 9.50 Å². The monoisotopic (exact) mass is 323 g/mol. The highest BCUT2D eigenvalue weighted by Crippen LogP contribution is 2.27. The fourth-order valence-corrected chi connectivity index (χ4v) is 2.91. The van der Waals surface area contributed by atoms with E-state index in [0.717, 1.165) is 5.82 Å². The molecule has 1 aromatic carbocycles. The predicted molar refractivity (Wildman–Crippen MR) is 83.6 cm³/mol. The standard InChI is InChI=1S/C15H18FN3O2S/c1-4-7-19-10(2)17-18-15(19)22-9-13(20)11-5-6-14(21-3)12(16)8-11/h4-6,8,13,20H,1,7,9H2,2-3H3. The van der Waals surface area contributed by atoms with Gasteiger partial charge < -0.3 is 14.4 Å². The van der Waals surface area contributed by atoms with Crippen LogP contribution < -0.4 is 4.74 Å². The van der Waals surface area contributed by atoms with Gasteiger partial charge in [-0.3, -0.25) is 0 Å². The van der Waals surface area contributed by atoms with Gasteiger partial charge in [-0.15, -0.1) is 16.8 Å². The van der Waals surface area contributed by atoms with Gasteiger partial charge in [0.15, 0.2) is 16.7 Å². The van der Waals surface area contributed by atoms with Crippen molar-refractivity contribution in [2.75, 3.05) is 12.9 Å². The Labute approximate surface area is 132 Å². The summed E-state index contributed by atoms with van der Waals surface area (Å²) in [6.45, 7) is 6.16. The first kappa shape index (κ1) is 16.5. The summed E-state index contributed by atoms with van der Waals surface area (Å²) in [5, 5.41) is 19.0. The zero-order valence-corrected chi connectivity index (χ0v) is 13.3. The molecule has 5 nitrogen and oxygen atoms in total. The number of aliphatic hydroxyl groups excluding tert-OH is 1. The number of aryl methyl sites for hydroxylation is 1. The molecular weight excluding hydrogens is 305 g/mol. The number of hydrogen-bond donors (Lipinski definition) is 1. The molecular formula is C15H18FN3O2S. The van der Waals surface area contributed by atoms with Crippen molar-refractivity contribution in [1.29, 1.82) is 0 Å². The summed E-state index contributed by atoms with van der Waals surface area (Å²) in [4.78, 5) is 0. The largest absolute Gasteiger partial charge is 0.494 e. The van der Waals surface area contributed by atoms with Crippen LogP contribution in [0.5, 0.6) is 5.75 Å². The first-order valence-electron chi connectivity index (χ1n) is 6.71. The van der Waals surface area contributed by atoms with Crippen LogP contribution in [0.15, 0.2) is 36.0 Å². The van der Waals surface area contributed by atoms with Crippen LogP contribution in [0.3, 0.4) is 0 Å². The summed E-state index contributed by atoms with van der Waals surface area (Å²) in [7, 11) is 1.40. The van der Waals surface area contributed by atoms with Gasteiger partial charge in [-0.25, -0.2) is 4.39 Å². The molecule has 0 fully saturated rings. The maximum Gasteiger partial charge on any atom is 0.191 e. The summed E-state index contributed by atoms with van der Waals surface area (Å²) in [5.74, 6) is 0.799. The van der Waals surface area contributed by atoms with Gasteiger partial charge in [0.05, 0.1) is 13.2 Å². The summed E-state index contributed by atoms with van der Waals surface area (Å²) < 4.78 is 20.4. The lowest BCUT2D eigenvalue weighted by molar-refractivity contribution is 0.203. The van der Waals surface area contributed by atoms with Crippen LogP contribution in [-0.2, 0) is 6.54 Å². The summed E-state index contributed by atoms with van der Waals surface area (Å²) in [6, 6.07) is 4.43. The fraction of sp³-hybridized carbons (Fsp3) is 0.333. The maximum atomic E-state index is 13.7. The first-order chi connectivity index (χ1) is 10.6. The maximum absolute atomic E-state index is 13.7. The second-order valence-corrected chi connectivity index (χ2v) is 5.64. The number of aliphatic hydroxyl groups is 1. The Morgan fingerprint density at radius 3 is 2.91 bits per heavy atom. The van der Waals surface area contributed by atoms with Gasteiger partial charge >= 0.3 is 0 Å². The summed E-state index contributed by atoms with van der Waals surface area (Å²) >= 11 is 1.36. The number of thioether (sulfide) groups is 1. The van der Waals surface area contributed by atoms with Crippen molar-refractivity contribution < 1.29 is 14.2 Å². The molecule has 0 aliphatic heterocycles. The minimum atomic E-state index is -0.806. The average Bonchev–Trinajstić information content (AvgIpc) is 2.86. The number of methoxy groups -OCH3 is 1. The van der Waals surface area contributed by atoms with Gasteiger partial charge in [0.2, 0.25) is 0 Å². The fourth-order valence-electron chi connectivity index (χ4n) is 1.95. The van der Waals surface area contributed by atoms with Gasteiger partial charge in [-0.2, -0.15) is 0 Å². The van der Waals surface area contributed by atoms with Gasteiger partial charge in [0, 0.05) is 12.3 Å². The SMILES string of the molecule is C=CCn1c(C)nnc1SCC(O)c1ccc(OC)c(F)c1. The van der Waals surface area contributed by atoms with Crippen molar-refractivity contribution in [1.82, 2.24) is 14.8 Å². The number of hydrogen-bond acceptors (Lipinski definition) is 5. The predicted octanol–water partition coefficient (Wildman–Crippen LogP) is 2.75. The van der Waals surface area contributed by atoms with E-state index in [1.54, 1.807) is 12.1 Å². The molecule has 2 rings (SSSR count). The minimum Gasteiger partial charge on any atom is -0.494 e. The van der Waals surface area contributed by atoms with Crippen LogP contribution in [0.1, 0.15) is 17.5 Å². The van der Waals surface area contributed by atoms with Gasteiger partial charge in [-0.1, -0.05) is 23.9 Å². The first-order valence-corrected chi connectivity index (χ1v) is 7.70. The number of aromatic nitrogens is 3. The van der Waals surface area contributed by atoms with E-state index in [4.69, 9.17) is 4.74 Å². The third-order valence-corrected chi connectivity index (χ3v) is 4.19. The van der Waals surface area contributed by atoms with E-state index in [0.29, 0.717) is 23.0 Å². The number of nitrogens with zero attached hydrogens (tertiary/aromatic N) is 3. The smallest absolute Gasteiger partial charge is 0.191 e. The van der Waals surface area contributed by atoms with Crippen LogP contribution in [-0.4, -0.2) is 32.7 Å². The van der Waals surface area contributed by atoms with Crippen molar-refractivity contribution in [2.24, 2.45) is 0 Å². The van der Waals surface area contributed by atoms with Gasteiger partial charge in [0.25, 0.3) is 0 Å². The molecule has 1 heterocycles. The van der Waals surface area contributed by atoms with E-state index in [1.165, 1.54) is 31.0 Å². The molecule has 0 amide bonds. The van der Waals surface area contributed by atoms with Crippen LogP contribution >= 0.6 is 11.8 Å². The molecule has 1 aromatic heterocycles. The van der Waals surface area contributed by atoms with E-state index in [2.05, 4.69) is 16.8 Å². The molecule has 0 bridgehead atoms. The summed E-state index contributed by atoms with van der Waals surface area (Å²) in [5.41, 5.74) is 0.498. The van der Waals surface area contributed by atoms with Crippen molar-refractivity contribution in [3.63, 3.8) is 0 Å². The Hall–Kier alpha value is -1.86. The lowest BCUT2D eigenvalue weighted by Gasteiger charge is -2.12. The number of halogens is 1. The highest BCUT2D eigenvalue weighted by atomic mass is 32.2. The second-order valence-electron chi connectivity index (χ2n) is 4.65. The summed E-state index contributed by atoms with van der Waals surface area (Å²) in [6.07, 6.45) is 0.954. The van der Waals surface area contributed by atoms with Crippen LogP contribution in [0.2, 0.25) is 0 Å². The molecule has 7 heteroatoms. The highest BCUT2D eigenvalue weighted by Gasteiger charge is 2.14. The van der Waals surface area contributed by atoms with Crippen LogP contribution in [0.4, 0.5) is 4.39 Å². The van der Waals surface area contributed by atoms with E-state index < -0.39 is 11.9 Å². The van der Waals surface area contributed by atoms with E-state index >= 15 is 0 Å². The molecule has 1 unspecified atom stereocenters. The molecule has 1 atom stereocenters. The number of rotatable bonds is 7. The van der Waals surface area contributed by atoms with Crippen molar-refractivity contribution >= 4 is 11.8 Å². The van der Waals surface area contributed by atoms with Crippen molar-refractivity contribution in [3.05, 3.63) is 48.1 Å². The normalized spacial score (nSPS) is 12.2. The lowest BCUT2D eigenvalue weighted by Crippen LogP contribution is -2.05. The molecule has 0 saturated heterocycles. The molecule has 22 heavy (non-hydrogen) atoms. The number of ether oxygens (including phenoxy) is 1. The molecule has 1 N–H and O–H groups in total. The molecule has 0 saturated carbocycles. The lowest BCUT2D eigenvalue weighted by atomic mass is 10.1. The molecule has 118 valence electrons. The third kappa shape index (κ3) is 3.66. The molecule has 0 radical (unpaired) electrons. The second kappa shape index (κ2) is 7.42. The number of benzene rings is 1. The Morgan fingerprint density at radius 1 is 1.50 bits per heavy atom. The Kier molecular flexibility index (Phi) is 5.57. The Balaban J connectivity index is 2.05. The van der Waals surface area contributed by atoms with Crippen LogP contribution in [0, 0.1) is 12.7 Å². The third-order valence-electron chi connectivity index (χ3n) is 3.14. The van der Waals surface area contributed by atoms with E-state index in [1.807, 2.05) is 11.5 Å². The molecule has 0 aliphatic carbocycles. The van der Waals surface area contributed by atoms with Crippen molar-refractivity contribution in [2.45, 2.75) is 24.7 Å². The quantitative estimate of drug-likeness (QED) is 0.627. The Bertz CT molecular complexity index is 660. The minimum absolute atomic E-state index is 0.157. The zero-order valence-electron chi connectivity index (χ0n) is 12.5. The molecule has 0 spiro atoms. The number of allylic oxidation sites excluding steroid dienone is 1. The van der Waals surface area contributed by atoms with Crippen molar-refractivity contribution in [3.8, 4) is 5.75 Å².